The zero-order chi connectivity index (χ0) is 16.9. The Balaban J connectivity index is 1.74. The number of phenols is 1. The molecular weight excluding hydrogens is 306 g/mol. The van der Waals surface area contributed by atoms with Gasteiger partial charge in [0.1, 0.15) is 11.6 Å². The highest BCUT2D eigenvalue weighted by atomic mass is 16.5. The fourth-order valence-electron chi connectivity index (χ4n) is 2.64. The van der Waals surface area contributed by atoms with Gasteiger partial charge in [0, 0.05) is 44.9 Å². The molecule has 3 N–H and O–H groups in total. The molecule has 1 aromatic carbocycles. The van der Waals surface area contributed by atoms with Gasteiger partial charge in [-0.15, -0.1) is 0 Å². The van der Waals surface area contributed by atoms with E-state index in [2.05, 4.69) is 20.9 Å². The molecule has 0 saturated carbocycles. The first-order valence-corrected chi connectivity index (χ1v) is 7.99. The number of benzene rings is 1. The second-order valence-electron chi connectivity index (χ2n) is 5.79. The molecule has 2 heterocycles. The lowest BCUT2D eigenvalue weighted by Gasteiger charge is -2.29. The first kappa shape index (κ1) is 16.5. The van der Waals surface area contributed by atoms with Gasteiger partial charge in [-0.2, -0.15) is 4.98 Å². The molecule has 0 atom stereocenters. The van der Waals surface area contributed by atoms with Crippen molar-refractivity contribution in [2.24, 2.45) is 0 Å². The maximum Gasteiger partial charge on any atom is 0.222 e. The third-order valence-corrected chi connectivity index (χ3v) is 4.09. The van der Waals surface area contributed by atoms with Crippen LogP contribution in [0.15, 0.2) is 24.3 Å². The molecule has 1 aliphatic heterocycles. The van der Waals surface area contributed by atoms with Crippen molar-refractivity contribution in [3.63, 3.8) is 0 Å². The lowest BCUT2D eigenvalue weighted by atomic mass is 10.1. The van der Waals surface area contributed by atoms with Crippen LogP contribution in [-0.4, -0.2) is 66.4 Å². The molecule has 0 amide bonds. The second-order valence-corrected chi connectivity index (χ2v) is 5.79. The highest BCUT2D eigenvalue weighted by Crippen LogP contribution is 2.29. The number of phenolic OH excluding ortho intramolecular Hbond substituents is 1. The highest BCUT2D eigenvalue weighted by molar-refractivity contribution is 5.69. The highest BCUT2D eigenvalue weighted by Gasteiger charge is 2.14. The third kappa shape index (κ3) is 3.93. The van der Waals surface area contributed by atoms with Crippen molar-refractivity contribution < 1.29 is 9.84 Å². The standard InChI is InChI=1S/C17H22N5O2/c1-21(6-7-22-8-10-24-11-9-22)16-12-14(19-17(18)20-16)13-4-2-3-5-15(13)23/h3-5,12,23H,6-11H2,1H3,(H2,18,19,20). The van der Waals surface area contributed by atoms with Gasteiger partial charge in [-0.3, -0.25) is 4.90 Å². The monoisotopic (exact) mass is 328 g/mol. The number of rotatable bonds is 5. The first-order valence-electron chi connectivity index (χ1n) is 7.99. The minimum absolute atomic E-state index is 0.147. The van der Waals surface area contributed by atoms with E-state index in [9.17, 15) is 5.11 Å². The summed E-state index contributed by atoms with van der Waals surface area (Å²) >= 11 is 0. The molecule has 1 aliphatic rings. The van der Waals surface area contributed by atoms with Crippen molar-refractivity contribution in [2.45, 2.75) is 0 Å². The van der Waals surface area contributed by atoms with Crippen LogP contribution in [0, 0.1) is 6.07 Å². The molecule has 3 rings (SSSR count). The first-order chi connectivity index (χ1) is 11.6. The van der Waals surface area contributed by atoms with E-state index in [1.807, 2.05) is 18.0 Å². The summed E-state index contributed by atoms with van der Waals surface area (Å²) in [5.74, 6) is 1.06. The van der Waals surface area contributed by atoms with Crippen molar-refractivity contribution in [3.8, 4) is 17.0 Å². The third-order valence-electron chi connectivity index (χ3n) is 4.09. The number of ether oxygens (including phenoxy) is 1. The molecule has 0 aliphatic carbocycles. The molecule has 0 spiro atoms. The molecule has 1 aromatic heterocycles. The van der Waals surface area contributed by atoms with E-state index in [0.29, 0.717) is 11.3 Å². The van der Waals surface area contributed by atoms with E-state index < -0.39 is 0 Å². The van der Waals surface area contributed by atoms with Gasteiger partial charge in [-0.25, -0.2) is 4.98 Å². The summed E-state index contributed by atoms with van der Waals surface area (Å²) in [5.41, 5.74) is 7.04. The Morgan fingerprint density at radius 3 is 2.92 bits per heavy atom. The summed E-state index contributed by atoms with van der Waals surface area (Å²) in [6.45, 7) is 5.25. The zero-order valence-electron chi connectivity index (χ0n) is 13.8. The number of likely N-dealkylation sites (N-methyl/N-ethyl adjacent to an activating group) is 1. The number of morpholine rings is 1. The minimum atomic E-state index is 0.147. The molecule has 0 unspecified atom stereocenters. The van der Waals surface area contributed by atoms with Gasteiger partial charge in [0.15, 0.2) is 0 Å². The number of anilines is 2. The summed E-state index contributed by atoms with van der Waals surface area (Å²) in [6.07, 6.45) is 0. The Hall–Kier alpha value is -2.38. The summed E-state index contributed by atoms with van der Waals surface area (Å²) in [4.78, 5) is 12.9. The SMILES string of the molecule is CN(CCN1CCOCC1)c1cc(-c2c[c]ccc2O)nc(N)n1. The van der Waals surface area contributed by atoms with Crippen molar-refractivity contribution >= 4 is 11.8 Å². The van der Waals surface area contributed by atoms with Crippen LogP contribution in [-0.2, 0) is 4.74 Å². The molecule has 2 aromatic rings. The molecule has 7 nitrogen and oxygen atoms in total. The smallest absolute Gasteiger partial charge is 0.222 e. The van der Waals surface area contributed by atoms with Crippen molar-refractivity contribution in [2.75, 3.05) is 57.1 Å². The summed E-state index contributed by atoms with van der Waals surface area (Å²) in [5, 5.41) is 10.0. The van der Waals surface area contributed by atoms with E-state index in [0.717, 1.165) is 45.2 Å². The maximum atomic E-state index is 10.0. The van der Waals surface area contributed by atoms with Crippen LogP contribution in [0.3, 0.4) is 0 Å². The molecule has 1 saturated heterocycles. The molecule has 1 fully saturated rings. The van der Waals surface area contributed by atoms with Gasteiger partial charge in [0.05, 0.1) is 18.9 Å². The van der Waals surface area contributed by atoms with Crippen LogP contribution < -0.4 is 10.6 Å². The largest absolute Gasteiger partial charge is 0.507 e. The van der Waals surface area contributed by atoms with Crippen molar-refractivity contribution in [1.29, 1.82) is 0 Å². The summed E-state index contributed by atoms with van der Waals surface area (Å²) < 4.78 is 5.36. The fraction of sp³-hybridized carbons (Fsp3) is 0.412. The Kier molecular flexibility index (Phi) is 5.12. The lowest BCUT2D eigenvalue weighted by Crippen LogP contribution is -2.40. The zero-order valence-corrected chi connectivity index (χ0v) is 13.8. The van der Waals surface area contributed by atoms with E-state index >= 15 is 0 Å². The number of nitrogens with zero attached hydrogens (tertiary/aromatic N) is 4. The topological polar surface area (TPSA) is 87.7 Å². The van der Waals surface area contributed by atoms with Crippen molar-refractivity contribution in [1.82, 2.24) is 14.9 Å². The van der Waals surface area contributed by atoms with Gasteiger partial charge >= 0.3 is 0 Å². The van der Waals surface area contributed by atoms with Crippen LogP contribution in [0.2, 0.25) is 0 Å². The van der Waals surface area contributed by atoms with Crippen LogP contribution in [0.25, 0.3) is 11.3 Å². The van der Waals surface area contributed by atoms with Crippen LogP contribution in [0.4, 0.5) is 11.8 Å². The Morgan fingerprint density at radius 2 is 2.17 bits per heavy atom. The number of nitrogens with two attached hydrogens (primary N) is 1. The maximum absolute atomic E-state index is 10.0. The molecular formula is C17H22N5O2. The summed E-state index contributed by atoms with van der Waals surface area (Å²) in [6, 6.07) is 9.69. The van der Waals surface area contributed by atoms with Crippen LogP contribution >= 0.6 is 0 Å². The number of aromatic nitrogens is 2. The van der Waals surface area contributed by atoms with Crippen LogP contribution in [0.5, 0.6) is 5.75 Å². The van der Waals surface area contributed by atoms with E-state index in [-0.39, 0.29) is 11.7 Å². The normalized spacial score (nSPS) is 15.4. The van der Waals surface area contributed by atoms with Gasteiger partial charge in [0.2, 0.25) is 5.95 Å². The molecule has 7 heteroatoms. The van der Waals surface area contributed by atoms with Gasteiger partial charge in [-0.1, -0.05) is 6.07 Å². The van der Waals surface area contributed by atoms with E-state index in [1.165, 1.54) is 0 Å². The summed E-state index contributed by atoms with van der Waals surface area (Å²) in [7, 11) is 1.98. The molecule has 1 radical (unpaired) electrons. The van der Waals surface area contributed by atoms with Crippen molar-refractivity contribution in [3.05, 3.63) is 30.3 Å². The molecule has 0 bridgehead atoms. The van der Waals surface area contributed by atoms with Gasteiger partial charge in [0.25, 0.3) is 0 Å². The number of hydrogen-bond acceptors (Lipinski definition) is 7. The molecule has 127 valence electrons. The second kappa shape index (κ2) is 7.46. The average Bonchev–Trinajstić information content (AvgIpc) is 2.60. The number of aromatic hydroxyl groups is 1. The van der Waals surface area contributed by atoms with Gasteiger partial charge < -0.3 is 20.5 Å². The Bertz CT molecular complexity index is 688. The van der Waals surface area contributed by atoms with E-state index in [4.69, 9.17) is 10.5 Å². The predicted molar refractivity (Wildman–Crippen MR) is 92.9 cm³/mol. The molecule has 24 heavy (non-hydrogen) atoms. The van der Waals surface area contributed by atoms with Crippen LogP contribution in [0.1, 0.15) is 0 Å². The van der Waals surface area contributed by atoms with Gasteiger partial charge in [-0.05, 0) is 18.2 Å². The Morgan fingerprint density at radius 1 is 1.38 bits per heavy atom. The Labute approximate surface area is 141 Å². The van der Waals surface area contributed by atoms with E-state index in [1.54, 1.807) is 18.2 Å². The average molecular weight is 328 g/mol. The predicted octanol–water partition coefficient (Wildman–Crippen LogP) is 1.000. The number of nitrogen functional groups attached to an aromatic ring is 1. The number of hydrogen-bond donors (Lipinski definition) is 2. The quantitative estimate of drug-likeness (QED) is 0.846. The minimum Gasteiger partial charge on any atom is -0.507 e. The lowest BCUT2D eigenvalue weighted by molar-refractivity contribution is 0.0393. The fourth-order valence-corrected chi connectivity index (χ4v) is 2.64.